The van der Waals surface area contributed by atoms with Crippen molar-refractivity contribution in [3.05, 3.63) is 0 Å². The number of rotatable bonds is 4. The summed E-state index contributed by atoms with van der Waals surface area (Å²) in [5.41, 5.74) is 0. The molecule has 1 aliphatic heterocycles. The average Bonchev–Trinajstić information content (AvgIpc) is 2.33. The summed E-state index contributed by atoms with van der Waals surface area (Å²) in [7, 11) is -3.52. The van der Waals surface area contributed by atoms with Crippen LogP contribution in [0, 0.1) is 0 Å². The quantitative estimate of drug-likeness (QED) is 0.462. The number of hydrogen-bond acceptors (Lipinski definition) is 5. The molecule has 0 atom stereocenters. The van der Waals surface area contributed by atoms with Crippen LogP contribution in [0.25, 0.3) is 0 Å². The van der Waals surface area contributed by atoms with Gasteiger partial charge >= 0.3 is 6.03 Å². The Morgan fingerprint density at radius 1 is 1.50 bits per heavy atom. The molecule has 0 unspecified atom stereocenters. The highest BCUT2D eigenvalue weighted by Crippen LogP contribution is 1.98. The lowest BCUT2D eigenvalue weighted by molar-refractivity contribution is -0.125. The van der Waals surface area contributed by atoms with Crippen molar-refractivity contribution in [3.63, 3.8) is 0 Å². The Balaban J connectivity index is 2.38. The third kappa shape index (κ3) is 2.96. The number of amides is 3. The Morgan fingerprint density at radius 3 is 2.57 bits per heavy atom. The first-order chi connectivity index (χ1) is 6.40. The summed E-state index contributed by atoms with van der Waals surface area (Å²) in [4.78, 5) is 22.8. The lowest BCUT2D eigenvalue weighted by Gasteiger charge is -2.10. The average molecular weight is 222 g/mol. The molecule has 1 heterocycles. The predicted molar refractivity (Wildman–Crippen MR) is 45.9 cm³/mol. The molecule has 1 fully saturated rings. The van der Waals surface area contributed by atoms with Crippen LogP contribution in [0.5, 0.6) is 0 Å². The SMILES string of the molecule is CS(=O)(=O)OCCN1C(=O)CNC1=O. The molecule has 7 nitrogen and oxygen atoms in total. The number of carbonyl (C=O) groups excluding carboxylic acids is 2. The maximum atomic E-state index is 11.0. The third-order valence-electron chi connectivity index (χ3n) is 1.55. The van der Waals surface area contributed by atoms with Crippen LogP contribution in [0.4, 0.5) is 4.79 Å². The summed E-state index contributed by atoms with van der Waals surface area (Å²) >= 11 is 0. The van der Waals surface area contributed by atoms with Crippen LogP contribution in [0.15, 0.2) is 0 Å². The maximum Gasteiger partial charge on any atom is 0.324 e. The van der Waals surface area contributed by atoms with Gasteiger partial charge in [-0.25, -0.2) is 4.79 Å². The molecule has 0 aromatic heterocycles. The predicted octanol–water partition coefficient (Wildman–Crippen LogP) is -1.49. The Morgan fingerprint density at radius 2 is 2.14 bits per heavy atom. The van der Waals surface area contributed by atoms with Crippen LogP contribution in [-0.4, -0.2) is 51.2 Å². The normalized spacial score (nSPS) is 17.4. The molecule has 8 heteroatoms. The van der Waals surface area contributed by atoms with Gasteiger partial charge in [0.25, 0.3) is 10.1 Å². The topological polar surface area (TPSA) is 92.8 Å². The standard InChI is InChI=1S/C6H10N2O5S/c1-14(11,12)13-3-2-8-5(9)4-7-6(8)10/h2-4H2,1H3,(H,7,10). The van der Waals surface area contributed by atoms with E-state index in [1.165, 1.54) is 0 Å². The smallest absolute Gasteiger partial charge is 0.324 e. The summed E-state index contributed by atoms with van der Waals surface area (Å²) in [6, 6.07) is -0.521. The fraction of sp³-hybridized carbons (Fsp3) is 0.667. The van der Waals surface area contributed by atoms with E-state index in [0.717, 1.165) is 11.2 Å². The first-order valence-corrected chi connectivity index (χ1v) is 5.64. The fourth-order valence-electron chi connectivity index (χ4n) is 0.962. The Labute approximate surface area is 81.1 Å². The molecule has 1 aliphatic rings. The van der Waals surface area contributed by atoms with Gasteiger partial charge in [0.1, 0.15) is 0 Å². The molecule has 0 aliphatic carbocycles. The van der Waals surface area contributed by atoms with Crippen molar-refractivity contribution in [3.8, 4) is 0 Å². The first-order valence-electron chi connectivity index (χ1n) is 3.83. The summed E-state index contributed by atoms with van der Waals surface area (Å²) in [6.07, 6.45) is 0.902. The van der Waals surface area contributed by atoms with E-state index in [0.29, 0.717) is 0 Å². The van der Waals surface area contributed by atoms with E-state index >= 15 is 0 Å². The number of hydrogen-bond donors (Lipinski definition) is 1. The van der Waals surface area contributed by atoms with Crippen molar-refractivity contribution < 1.29 is 22.2 Å². The van der Waals surface area contributed by atoms with Crippen molar-refractivity contribution in [2.24, 2.45) is 0 Å². The zero-order valence-corrected chi connectivity index (χ0v) is 8.33. The zero-order chi connectivity index (χ0) is 10.8. The highest BCUT2D eigenvalue weighted by atomic mass is 32.2. The second-order valence-electron chi connectivity index (χ2n) is 2.73. The molecule has 0 spiro atoms. The van der Waals surface area contributed by atoms with Crippen LogP contribution < -0.4 is 5.32 Å². The summed E-state index contributed by atoms with van der Waals surface area (Å²) in [5.74, 6) is -0.382. The van der Waals surface area contributed by atoms with Gasteiger partial charge in [-0.05, 0) is 0 Å². The van der Waals surface area contributed by atoms with E-state index in [2.05, 4.69) is 9.50 Å². The highest BCUT2D eigenvalue weighted by Gasteiger charge is 2.27. The molecule has 0 aromatic rings. The second kappa shape index (κ2) is 3.93. The van der Waals surface area contributed by atoms with Crippen LogP contribution in [0.1, 0.15) is 0 Å². The van der Waals surface area contributed by atoms with Crippen molar-refractivity contribution >= 4 is 22.1 Å². The summed E-state index contributed by atoms with van der Waals surface area (Å²) < 4.78 is 25.5. The summed E-state index contributed by atoms with van der Waals surface area (Å²) in [5, 5.41) is 2.30. The van der Waals surface area contributed by atoms with Crippen LogP contribution in [0.3, 0.4) is 0 Å². The molecule has 14 heavy (non-hydrogen) atoms. The van der Waals surface area contributed by atoms with Crippen molar-refractivity contribution in [1.29, 1.82) is 0 Å². The van der Waals surface area contributed by atoms with E-state index in [-0.39, 0.29) is 25.6 Å². The first kappa shape index (κ1) is 10.9. The monoisotopic (exact) mass is 222 g/mol. The minimum atomic E-state index is -3.52. The molecule has 1 saturated heterocycles. The van der Waals surface area contributed by atoms with Crippen LogP contribution in [-0.2, 0) is 19.1 Å². The van der Waals surface area contributed by atoms with E-state index < -0.39 is 16.1 Å². The van der Waals surface area contributed by atoms with Gasteiger partial charge in [0.15, 0.2) is 0 Å². The maximum absolute atomic E-state index is 11.0. The molecular formula is C6H10N2O5S. The summed E-state index contributed by atoms with van der Waals surface area (Å²) in [6.45, 7) is -0.312. The van der Waals surface area contributed by atoms with Gasteiger partial charge in [-0.15, -0.1) is 0 Å². The number of carbonyl (C=O) groups is 2. The van der Waals surface area contributed by atoms with E-state index in [1.54, 1.807) is 0 Å². The van der Waals surface area contributed by atoms with Gasteiger partial charge < -0.3 is 5.32 Å². The van der Waals surface area contributed by atoms with Gasteiger partial charge in [0.05, 0.1) is 26.0 Å². The fourth-order valence-corrected chi connectivity index (χ4v) is 1.34. The molecule has 80 valence electrons. The second-order valence-corrected chi connectivity index (χ2v) is 4.37. The molecule has 0 saturated carbocycles. The Kier molecular flexibility index (Phi) is 3.06. The number of nitrogens with one attached hydrogen (secondary N) is 1. The molecule has 0 bridgehead atoms. The Hall–Kier alpha value is -1.15. The van der Waals surface area contributed by atoms with Crippen molar-refractivity contribution in [1.82, 2.24) is 10.2 Å². The lowest BCUT2D eigenvalue weighted by Crippen LogP contribution is -2.34. The van der Waals surface area contributed by atoms with Gasteiger partial charge in [-0.1, -0.05) is 0 Å². The number of nitrogens with zero attached hydrogens (tertiary/aromatic N) is 1. The molecule has 1 rings (SSSR count). The molecular weight excluding hydrogens is 212 g/mol. The largest absolute Gasteiger partial charge is 0.329 e. The van der Waals surface area contributed by atoms with E-state index in [9.17, 15) is 18.0 Å². The minimum Gasteiger partial charge on any atom is -0.329 e. The molecule has 0 radical (unpaired) electrons. The lowest BCUT2D eigenvalue weighted by atomic mass is 10.5. The molecule has 0 aromatic carbocycles. The van der Waals surface area contributed by atoms with Gasteiger partial charge in [-0.3, -0.25) is 13.9 Å². The van der Waals surface area contributed by atoms with Crippen molar-refractivity contribution in [2.45, 2.75) is 0 Å². The minimum absolute atomic E-state index is 0.0439. The molecule has 1 N–H and O–H groups in total. The van der Waals surface area contributed by atoms with Gasteiger partial charge in [0.2, 0.25) is 5.91 Å². The van der Waals surface area contributed by atoms with Gasteiger partial charge in [0, 0.05) is 0 Å². The zero-order valence-electron chi connectivity index (χ0n) is 7.52. The van der Waals surface area contributed by atoms with Gasteiger partial charge in [-0.2, -0.15) is 8.42 Å². The molecule has 3 amide bonds. The number of imide groups is 1. The van der Waals surface area contributed by atoms with Crippen molar-refractivity contribution in [2.75, 3.05) is 26.0 Å². The number of urea groups is 1. The highest BCUT2D eigenvalue weighted by molar-refractivity contribution is 7.85. The van der Waals surface area contributed by atoms with E-state index in [4.69, 9.17) is 0 Å². The van der Waals surface area contributed by atoms with Crippen LogP contribution >= 0.6 is 0 Å². The third-order valence-corrected chi connectivity index (χ3v) is 2.14. The Bertz CT molecular complexity index is 333. The van der Waals surface area contributed by atoms with E-state index in [1.807, 2.05) is 0 Å². The van der Waals surface area contributed by atoms with Crippen LogP contribution in [0.2, 0.25) is 0 Å².